The van der Waals surface area contributed by atoms with Gasteiger partial charge in [0.25, 0.3) is 0 Å². The summed E-state index contributed by atoms with van der Waals surface area (Å²) in [7, 11) is 0. The van der Waals surface area contributed by atoms with Crippen LogP contribution in [-0.2, 0) is 16.1 Å². The first kappa shape index (κ1) is 24.1. The molecule has 3 rings (SSSR count). The van der Waals surface area contributed by atoms with Gasteiger partial charge in [0.1, 0.15) is 11.8 Å². The van der Waals surface area contributed by atoms with Gasteiger partial charge in [-0.3, -0.25) is 9.59 Å². The highest BCUT2D eigenvalue weighted by Gasteiger charge is 2.27. The van der Waals surface area contributed by atoms with Gasteiger partial charge in [-0.2, -0.15) is 0 Å². The number of halogens is 1. The standard InChI is InChI=1S/C26H33ClN2O3/c1-20(26(31)28-23-9-4-2-5-10-23)29(19-21-14-16-22(27)17-15-21)25(30)13-8-18-32-24-11-6-3-7-12-24/h3,6-7,11-12,14-17,20,23H,2,4-5,8-10,13,18-19H2,1H3,(H,28,31)/t20-/m0/s1. The van der Waals surface area contributed by atoms with E-state index in [0.29, 0.717) is 31.0 Å². The van der Waals surface area contributed by atoms with E-state index in [1.807, 2.05) is 49.4 Å². The maximum atomic E-state index is 13.1. The van der Waals surface area contributed by atoms with E-state index in [0.717, 1.165) is 37.0 Å². The Morgan fingerprint density at radius 1 is 1.06 bits per heavy atom. The first-order valence-corrected chi connectivity index (χ1v) is 11.9. The van der Waals surface area contributed by atoms with Gasteiger partial charge in [-0.1, -0.05) is 61.2 Å². The summed E-state index contributed by atoms with van der Waals surface area (Å²) < 4.78 is 5.71. The van der Waals surface area contributed by atoms with Gasteiger partial charge in [-0.05, 0) is 56.0 Å². The molecule has 0 unspecified atom stereocenters. The van der Waals surface area contributed by atoms with Crippen LogP contribution >= 0.6 is 11.6 Å². The van der Waals surface area contributed by atoms with E-state index in [2.05, 4.69) is 5.32 Å². The van der Waals surface area contributed by atoms with Crippen LogP contribution in [0.3, 0.4) is 0 Å². The van der Waals surface area contributed by atoms with Gasteiger partial charge >= 0.3 is 0 Å². The van der Waals surface area contributed by atoms with Crippen LogP contribution in [0.4, 0.5) is 0 Å². The van der Waals surface area contributed by atoms with Gasteiger partial charge in [0.15, 0.2) is 0 Å². The van der Waals surface area contributed by atoms with E-state index in [1.165, 1.54) is 6.42 Å². The van der Waals surface area contributed by atoms with Crippen LogP contribution in [0, 0.1) is 0 Å². The fourth-order valence-corrected chi connectivity index (χ4v) is 4.14. The molecule has 0 spiro atoms. The van der Waals surface area contributed by atoms with Crippen molar-refractivity contribution in [2.75, 3.05) is 6.61 Å². The average molecular weight is 457 g/mol. The molecule has 0 aliphatic heterocycles. The summed E-state index contributed by atoms with van der Waals surface area (Å²) in [5.41, 5.74) is 0.945. The number of carbonyl (C=O) groups excluding carboxylic acids is 2. The molecule has 0 aromatic heterocycles. The number of ether oxygens (including phenoxy) is 1. The van der Waals surface area contributed by atoms with Crippen molar-refractivity contribution in [3.05, 3.63) is 65.2 Å². The molecule has 1 atom stereocenters. The first-order valence-electron chi connectivity index (χ1n) is 11.5. The molecule has 2 aromatic carbocycles. The van der Waals surface area contributed by atoms with Crippen molar-refractivity contribution in [1.82, 2.24) is 10.2 Å². The quantitative estimate of drug-likeness (QED) is 0.489. The average Bonchev–Trinajstić information content (AvgIpc) is 2.82. The summed E-state index contributed by atoms with van der Waals surface area (Å²) in [4.78, 5) is 27.8. The molecule has 0 saturated heterocycles. The minimum atomic E-state index is -0.546. The summed E-state index contributed by atoms with van der Waals surface area (Å²) in [6.45, 7) is 2.63. The Morgan fingerprint density at radius 3 is 2.44 bits per heavy atom. The fraction of sp³-hybridized carbons (Fsp3) is 0.462. The number of carbonyl (C=O) groups is 2. The van der Waals surface area contributed by atoms with Crippen LogP contribution < -0.4 is 10.1 Å². The highest BCUT2D eigenvalue weighted by atomic mass is 35.5. The topological polar surface area (TPSA) is 58.6 Å². The molecule has 1 aliphatic carbocycles. The summed E-state index contributed by atoms with van der Waals surface area (Å²) >= 11 is 6.01. The van der Waals surface area contributed by atoms with Crippen LogP contribution in [0.5, 0.6) is 5.75 Å². The lowest BCUT2D eigenvalue weighted by atomic mass is 9.95. The summed E-state index contributed by atoms with van der Waals surface area (Å²) in [5, 5.41) is 3.81. The fourth-order valence-electron chi connectivity index (χ4n) is 4.01. The van der Waals surface area contributed by atoms with Crippen molar-refractivity contribution in [3.63, 3.8) is 0 Å². The van der Waals surface area contributed by atoms with Gasteiger partial charge in [0.2, 0.25) is 11.8 Å². The Morgan fingerprint density at radius 2 is 1.75 bits per heavy atom. The van der Waals surface area contributed by atoms with Crippen LogP contribution in [0.1, 0.15) is 57.4 Å². The molecule has 1 fully saturated rings. The van der Waals surface area contributed by atoms with Gasteiger partial charge in [0, 0.05) is 24.0 Å². The molecule has 1 N–H and O–H groups in total. The van der Waals surface area contributed by atoms with Crippen molar-refractivity contribution in [3.8, 4) is 5.75 Å². The number of hydrogen-bond acceptors (Lipinski definition) is 3. The van der Waals surface area contributed by atoms with Gasteiger partial charge < -0.3 is 15.0 Å². The Kier molecular flexibility index (Phi) is 9.42. The normalized spacial score (nSPS) is 15.1. The molecule has 1 aliphatic rings. The Hall–Kier alpha value is -2.53. The maximum Gasteiger partial charge on any atom is 0.242 e. The molecule has 0 radical (unpaired) electrons. The SMILES string of the molecule is C[C@@H](C(=O)NC1CCCCC1)N(Cc1ccc(Cl)cc1)C(=O)CCCOc1ccccc1. The third-order valence-corrected chi connectivity index (χ3v) is 6.18. The highest BCUT2D eigenvalue weighted by molar-refractivity contribution is 6.30. The lowest BCUT2D eigenvalue weighted by Crippen LogP contribution is -2.50. The van der Waals surface area contributed by atoms with E-state index in [9.17, 15) is 9.59 Å². The number of para-hydroxylation sites is 1. The summed E-state index contributed by atoms with van der Waals surface area (Å²) in [6.07, 6.45) is 6.46. The van der Waals surface area contributed by atoms with Crippen LogP contribution in [0.15, 0.2) is 54.6 Å². The second-order valence-corrected chi connectivity index (χ2v) is 8.87. The van der Waals surface area contributed by atoms with Gasteiger partial charge in [-0.15, -0.1) is 0 Å². The number of rotatable bonds is 10. The molecule has 172 valence electrons. The minimum absolute atomic E-state index is 0.0529. The second kappa shape index (κ2) is 12.5. The molecular formula is C26H33ClN2O3. The zero-order chi connectivity index (χ0) is 22.8. The molecule has 32 heavy (non-hydrogen) atoms. The van der Waals surface area contributed by atoms with Crippen molar-refractivity contribution < 1.29 is 14.3 Å². The molecular weight excluding hydrogens is 424 g/mol. The van der Waals surface area contributed by atoms with Gasteiger partial charge in [0.05, 0.1) is 6.61 Å². The summed E-state index contributed by atoms with van der Waals surface area (Å²) in [5.74, 6) is 0.654. The molecule has 1 saturated carbocycles. The largest absolute Gasteiger partial charge is 0.494 e. The number of nitrogens with zero attached hydrogens (tertiary/aromatic N) is 1. The highest BCUT2D eigenvalue weighted by Crippen LogP contribution is 2.19. The predicted molar refractivity (Wildman–Crippen MR) is 128 cm³/mol. The third-order valence-electron chi connectivity index (χ3n) is 5.93. The number of benzene rings is 2. The molecule has 6 heteroatoms. The van der Waals surface area contributed by atoms with E-state index in [1.54, 1.807) is 17.0 Å². The monoisotopic (exact) mass is 456 g/mol. The zero-order valence-corrected chi connectivity index (χ0v) is 19.5. The van der Waals surface area contributed by atoms with Crippen LogP contribution in [0.25, 0.3) is 0 Å². The van der Waals surface area contributed by atoms with E-state index in [-0.39, 0.29) is 17.9 Å². The second-order valence-electron chi connectivity index (χ2n) is 8.43. The van der Waals surface area contributed by atoms with E-state index < -0.39 is 6.04 Å². The lowest BCUT2D eigenvalue weighted by molar-refractivity contribution is -0.141. The van der Waals surface area contributed by atoms with Crippen LogP contribution in [0.2, 0.25) is 5.02 Å². The lowest BCUT2D eigenvalue weighted by Gasteiger charge is -2.31. The molecule has 0 bridgehead atoms. The number of nitrogens with one attached hydrogen (secondary N) is 1. The smallest absolute Gasteiger partial charge is 0.242 e. The van der Waals surface area contributed by atoms with E-state index >= 15 is 0 Å². The number of hydrogen-bond donors (Lipinski definition) is 1. The Balaban J connectivity index is 1.59. The van der Waals surface area contributed by atoms with Crippen LogP contribution in [-0.4, -0.2) is 35.4 Å². The predicted octanol–water partition coefficient (Wildman–Crippen LogP) is 5.37. The minimum Gasteiger partial charge on any atom is -0.494 e. The number of amides is 2. The van der Waals surface area contributed by atoms with E-state index in [4.69, 9.17) is 16.3 Å². The van der Waals surface area contributed by atoms with Crippen molar-refractivity contribution >= 4 is 23.4 Å². The summed E-state index contributed by atoms with van der Waals surface area (Å²) in [6, 6.07) is 16.6. The Bertz CT molecular complexity index is 851. The molecule has 2 aromatic rings. The first-order chi connectivity index (χ1) is 15.5. The van der Waals surface area contributed by atoms with Crippen molar-refractivity contribution in [2.24, 2.45) is 0 Å². The van der Waals surface area contributed by atoms with Crippen molar-refractivity contribution in [2.45, 2.75) is 70.5 Å². The van der Waals surface area contributed by atoms with Crippen molar-refractivity contribution in [1.29, 1.82) is 0 Å². The zero-order valence-electron chi connectivity index (χ0n) is 18.8. The molecule has 5 nitrogen and oxygen atoms in total. The maximum absolute atomic E-state index is 13.1. The third kappa shape index (κ3) is 7.56. The molecule has 2 amide bonds. The van der Waals surface area contributed by atoms with Gasteiger partial charge in [-0.25, -0.2) is 0 Å². The Labute approximate surface area is 196 Å². The molecule has 0 heterocycles.